The number of hydrogen-bond donors (Lipinski definition) is 2. The zero-order valence-corrected chi connectivity index (χ0v) is 20.8. The van der Waals surface area contributed by atoms with Crippen LogP contribution in [0.4, 0.5) is 11.4 Å². The van der Waals surface area contributed by atoms with Crippen LogP contribution in [0.2, 0.25) is 0 Å². The minimum absolute atomic E-state index is 0.822. The van der Waals surface area contributed by atoms with Crippen LogP contribution in [0.5, 0.6) is 5.75 Å². The maximum atomic E-state index is 7.00. The molecular weight excluding hydrogens is 422 g/mol. The van der Waals surface area contributed by atoms with Crippen LogP contribution < -0.4 is 15.4 Å². The number of hydrogen-bond acceptors (Lipinski definition) is 4. The summed E-state index contributed by atoms with van der Waals surface area (Å²) in [5.41, 5.74) is 12.2. The number of anilines is 1. The Morgan fingerprint density at radius 3 is 2.29 bits per heavy atom. The van der Waals surface area contributed by atoms with Gasteiger partial charge in [0.05, 0.1) is 0 Å². The first-order chi connectivity index (χ1) is 16.5. The maximum Gasteiger partial charge on any atom is 0.211 e. The van der Waals surface area contributed by atoms with Crippen molar-refractivity contribution in [2.75, 3.05) is 33.2 Å². The summed E-state index contributed by atoms with van der Waals surface area (Å²) in [5, 5.41) is 7.00. The molecule has 0 fully saturated rings. The van der Waals surface area contributed by atoms with Gasteiger partial charge in [0.2, 0.25) is 5.69 Å². The van der Waals surface area contributed by atoms with Gasteiger partial charge >= 0.3 is 0 Å². The molecule has 176 valence electrons. The number of aliphatic hydroxyl groups is 1. The summed E-state index contributed by atoms with van der Waals surface area (Å²) in [4.78, 5) is 2.09. The van der Waals surface area contributed by atoms with E-state index in [-0.39, 0.29) is 0 Å². The van der Waals surface area contributed by atoms with E-state index in [9.17, 15) is 0 Å². The standard InChI is InChI=1S/C27H25N2O.CH5N.CH4O/c1-6-21-7-11-24(12-8-21)29-19(2)17-22(20(29)3)9-14-26-15-10-23-18-25(28(4)5)13-16-27(23)30-26;2*1-2/h1,7-18H,2-5H3;2H2,1H3;2H,1H3/q+1;;/b22-9+,26-14-;;. The molecule has 2 aliphatic heterocycles. The molecule has 0 saturated carbocycles. The van der Waals surface area contributed by atoms with Gasteiger partial charge < -0.3 is 20.5 Å². The zero-order chi connectivity index (χ0) is 25.3. The zero-order valence-electron chi connectivity index (χ0n) is 20.8. The van der Waals surface area contributed by atoms with Crippen LogP contribution in [-0.2, 0) is 0 Å². The molecule has 2 heterocycles. The second-order valence-corrected chi connectivity index (χ2v) is 7.64. The minimum Gasteiger partial charge on any atom is -0.457 e. The largest absolute Gasteiger partial charge is 0.457 e. The van der Waals surface area contributed by atoms with E-state index in [1.165, 1.54) is 18.5 Å². The molecule has 5 nitrogen and oxygen atoms in total. The first-order valence-corrected chi connectivity index (χ1v) is 11.0. The van der Waals surface area contributed by atoms with E-state index in [0.717, 1.165) is 46.7 Å². The number of ether oxygens (including phenoxy) is 1. The van der Waals surface area contributed by atoms with Crippen molar-refractivity contribution in [1.82, 2.24) is 0 Å². The molecule has 34 heavy (non-hydrogen) atoms. The van der Waals surface area contributed by atoms with Gasteiger partial charge in [-0.2, -0.15) is 4.58 Å². The van der Waals surface area contributed by atoms with Gasteiger partial charge in [0.1, 0.15) is 11.5 Å². The molecule has 4 rings (SSSR count). The lowest BCUT2D eigenvalue weighted by atomic mass is 10.1. The lowest BCUT2D eigenvalue weighted by Crippen LogP contribution is -2.09. The Bertz CT molecular complexity index is 1200. The molecule has 0 radical (unpaired) electrons. The summed E-state index contributed by atoms with van der Waals surface area (Å²) < 4.78 is 8.31. The summed E-state index contributed by atoms with van der Waals surface area (Å²) in [6.45, 7) is 4.24. The average molecular weight is 457 g/mol. The van der Waals surface area contributed by atoms with Crippen LogP contribution >= 0.6 is 0 Å². The highest BCUT2D eigenvalue weighted by Crippen LogP contribution is 2.31. The van der Waals surface area contributed by atoms with Gasteiger partial charge in [-0.15, -0.1) is 6.42 Å². The molecule has 2 aliphatic rings. The van der Waals surface area contributed by atoms with Crippen LogP contribution in [0.15, 0.2) is 83.8 Å². The molecule has 2 aromatic rings. The SMILES string of the molecule is C#Cc1ccc([N+]2=C(C)/C(=C/C=C3/C=Cc4cc(N(C)C)ccc4O3)C=C2C)cc1.CN.CO. The molecule has 0 aromatic heterocycles. The topological polar surface area (TPSA) is 61.7 Å². The molecule has 0 saturated heterocycles. The van der Waals surface area contributed by atoms with E-state index in [2.05, 4.69) is 77.5 Å². The van der Waals surface area contributed by atoms with Crippen LogP contribution in [0.3, 0.4) is 0 Å². The van der Waals surface area contributed by atoms with Gasteiger partial charge in [0.15, 0.2) is 11.4 Å². The van der Waals surface area contributed by atoms with Gasteiger partial charge in [-0.25, -0.2) is 0 Å². The maximum absolute atomic E-state index is 7.00. The predicted octanol–water partition coefficient (Wildman–Crippen LogP) is 4.86. The Labute approximate surface area is 203 Å². The molecule has 0 atom stereocenters. The molecule has 3 N–H and O–H groups in total. The number of aliphatic hydroxyl groups excluding tert-OH is 1. The number of nitrogens with two attached hydrogens (primary N) is 1. The molecule has 2 aromatic carbocycles. The van der Waals surface area contributed by atoms with E-state index in [4.69, 9.17) is 16.3 Å². The van der Waals surface area contributed by atoms with Crippen LogP contribution in [0, 0.1) is 12.3 Å². The lowest BCUT2D eigenvalue weighted by Gasteiger charge is -2.18. The van der Waals surface area contributed by atoms with E-state index in [1.54, 1.807) is 0 Å². The smallest absolute Gasteiger partial charge is 0.211 e. The molecule has 0 aliphatic carbocycles. The lowest BCUT2D eigenvalue weighted by molar-refractivity contribution is -0.379. The third-order valence-electron chi connectivity index (χ3n) is 5.35. The van der Waals surface area contributed by atoms with Crippen molar-refractivity contribution < 1.29 is 14.4 Å². The van der Waals surface area contributed by atoms with Crippen molar-refractivity contribution in [3.63, 3.8) is 0 Å². The highest BCUT2D eigenvalue weighted by Gasteiger charge is 2.25. The Morgan fingerprint density at radius 1 is 1.00 bits per heavy atom. The molecular formula is C29H34N3O2+. The summed E-state index contributed by atoms with van der Waals surface area (Å²) >= 11 is 0. The third-order valence-corrected chi connectivity index (χ3v) is 5.35. The molecule has 0 amide bonds. The third kappa shape index (κ3) is 5.93. The van der Waals surface area contributed by atoms with Crippen molar-refractivity contribution in [3.05, 3.63) is 94.9 Å². The van der Waals surface area contributed by atoms with E-state index < -0.39 is 0 Å². The van der Waals surface area contributed by atoms with Crippen molar-refractivity contribution >= 4 is 23.2 Å². The number of fused-ring (bicyclic) bond motifs is 1. The van der Waals surface area contributed by atoms with Gasteiger partial charge in [-0.1, -0.05) is 5.92 Å². The molecule has 0 bridgehead atoms. The average Bonchev–Trinajstić information content (AvgIpc) is 3.17. The van der Waals surface area contributed by atoms with E-state index in [0.29, 0.717) is 0 Å². The fraction of sp³-hybridized carbons (Fsp3) is 0.207. The monoisotopic (exact) mass is 456 g/mol. The summed E-state index contributed by atoms with van der Waals surface area (Å²) in [6, 6.07) is 14.3. The predicted molar refractivity (Wildman–Crippen MR) is 144 cm³/mol. The van der Waals surface area contributed by atoms with E-state index in [1.807, 2.05) is 44.4 Å². The number of terminal acetylenes is 1. The van der Waals surface area contributed by atoms with Crippen molar-refractivity contribution in [3.8, 4) is 18.1 Å². The number of allylic oxidation sites excluding steroid dienone is 6. The normalized spacial score (nSPS) is 15.9. The summed E-state index contributed by atoms with van der Waals surface area (Å²) in [5.74, 6) is 4.37. The number of rotatable bonds is 3. The highest BCUT2D eigenvalue weighted by molar-refractivity contribution is 6.00. The first kappa shape index (κ1) is 26.4. The van der Waals surface area contributed by atoms with Gasteiger partial charge in [0, 0.05) is 75.6 Å². The second kappa shape index (κ2) is 12.4. The van der Waals surface area contributed by atoms with E-state index >= 15 is 0 Å². The van der Waals surface area contributed by atoms with Crippen LogP contribution in [0.1, 0.15) is 25.0 Å². The Balaban J connectivity index is 0.000000970. The Kier molecular flexibility index (Phi) is 9.63. The van der Waals surface area contributed by atoms with Gasteiger partial charge in [-0.05, 0) is 61.7 Å². The number of nitrogens with zero attached hydrogens (tertiary/aromatic N) is 2. The highest BCUT2D eigenvalue weighted by atomic mass is 16.5. The van der Waals surface area contributed by atoms with Crippen LogP contribution in [-0.4, -0.2) is 43.6 Å². The molecule has 0 spiro atoms. The molecule has 5 heteroatoms. The Morgan fingerprint density at radius 2 is 1.68 bits per heavy atom. The quantitative estimate of drug-likeness (QED) is 0.512. The van der Waals surface area contributed by atoms with Gasteiger partial charge in [0.25, 0.3) is 0 Å². The molecule has 0 unspecified atom stereocenters. The summed E-state index contributed by atoms with van der Waals surface area (Å²) in [6.07, 6.45) is 15.9. The van der Waals surface area contributed by atoms with Crippen molar-refractivity contribution in [1.29, 1.82) is 0 Å². The fourth-order valence-corrected chi connectivity index (χ4v) is 3.69. The fourth-order valence-electron chi connectivity index (χ4n) is 3.69. The van der Waals surface area contributed by atoms with Gasteiger partial charge in [-0.3, -0.25) is 0 Å². The Hall–Kier alpha value is -3.85. The van der Waals surface area contributed by atoms with Crippen molar-refractivity contribution in [2.45, 2.75) is 13.8 Å². The first-order valence-electron chi connectivity index (χ1n) is 11.0. The van der Waals surface area contributed by atoms with Crippen molar-refractivity contribution in [2.24, 2.45) is 5.73 Å². The van der Waals surface area contributed by atoms with Crippen LogP contribution in [0.25, 0.3) is 6.08 Å². The number of benzene rings is 2. The second-order valence-electron chi connectivity index (χ2n) is 7.64. The minimum atomic E-state index is 0.822. The summed E-state index contributed by atoms with van der Waals surface area (Å²) in [7, 11) is 6.57.